The lowest BCUT2D eigenvalue weighted by molar-refractivity contribution is -0.131. The molecule has 3 rings (SSSR count). The summed E-state index contributed by atoms with van der Waals surface area (Å²) in [4.78, 5) is 33.5. The Balaban J connectivity index is 1.91. The molecule has 32 heavy (non-hydrogen) atoms. The average Bonchev–Trinajstić information content (AvgIpc) is 3.58. The monoisotopic (exact) mass is 443 g/mol. The van der Waals surface area contributed by atoms with Crippen molar-refractivity contribution >= 4 is 11.8 Å². The summed E-state index contributed by atoms with van der Waals surface area (Å²) >= 11 is 0. The van der Waals surface area contributed by atoms with Crippen LogP contribution in [0.1, 0.15) is 56.0 Å². The van der Waals surface area contributed by atoms with Crippen LogP contribution in [-0.4, -0.2) is 81.8 Å². The van der Waals surface area contributed by atoms with E-state index in [0.29, 0.717) is 31.0 Å². The highest BCUT2D eigenvalue weighted by Gasteiger charge is 2.35. The molecule has 1 aromatic heterocycles. The topological polar surface area (TPSA) is 103 Å². The molecule has 1 saturated carbocycles. The fourth-order valence-electron chi connectivity index (χ4n) is 3.67. The number of hydrogen-bond donors (Lipinski definition) is 2. The number of aliphatic hydroxyl groups excluding tert-OH is 2. The lowest BCUT2D eigenvalue weighted by Gasteiger charge is -2.37. The van der Waals surface area contributed by atoms with Gasteiger partial charge in [-0.2, -0.15) is 0 Å². The summed E-state index contributed by atoms with van der Waals surface area (Å²) in [7, 11) is 1.78. The predicted octanol–water partition coefficient (Wildman–Crippen LogP) is 1.29. The first-order chi connectivity index (χ1) is 15.2. The van der Waals surface area contributed by atoms with E-state index in [4.69, 9.17) is 4.74 Å². The van der Waals surface area contributed by atoms with Crippen LogP contribution in [0.15, 0.2) is 12.3 Å². The SMILES string of the molecule is C[C@@H]1CN([C@H](C)CO)C(=O)c2cc(C#C[C@@H](C)O)cnc2O[C@H]1CN(C)C(=O)CC1CC1. The zero-order valence-corrected chi connectivity index (χ0v) is 19.2. The van der Waals surface area contributed by atoms with Gasteiger partial charge >= 0.3 is 0 Å². The van der Waals surface area contributed by atoms with Crippen molar-refractivity contribution in [3.05, 3.63) is 23.4 Å². The number of likely N-dealkylation sites (N-methyl/N-ethyl adjacent to an activating group) is 1. The molecule has 4 atom stereocenters. The normalized spacial score (nSPS) is 22.4. The van der Waals surface area contributed by atoms with Gasteiger partial charge in [-0.25, -0.2) is 4.98 Å². The van der Waals surface area contributed by atoms with Gasteiger partial charge in [-0.15, -0.1) is 0 Å². The van der Waals surface area contributed by atoms with Crippen molar-refractivity contribution in [2.24, 2.45) is 11.8 Å². The van der Waals surface area contributed by atoms with Crippen LogP contribution in [0, 0.1) is 23.7 Å². The minimum Gasteiger partial charge on any atom is -0.472 e. The van der Waals surface area contributed by atoms with Gasteiger partial charge < -0.3 is 24.7 Å². The minimum atomic E-state index is -0.802. The molecule has 174 valence electrons. The molecule has 2 N–H and O–H groups in total. The molecule has 0 spiro atoms. The lowest BCUT2D eigenvalue weighted by atomic mass is 9.99. The third-order valence-corrected chi connectivity index (χ3v) is 5.99. The molecule has 8 heteroatoms. The molecule has 1 fully saturated rings. The zero-order valence-electron chi connectivity index (χ0n) is 19.2. The van der Waals surface area contributed by atoms with Crippen molar-refractivity contribution in [1.82, 2.24) is 14.8 Å². The van der Waals surface area contributed by atoms with Crippen LogP contribution in [0.4, 0.5) is 0 Å². The maximum atomic E-state index is 13.3. The predicted molar refractivity (Wildman–Crippen MR) is 119 cm³/mol. The number of hydrogen-bond acceptors (Lipinski definition) is 6. The van der Waals surface area contributed by atoms with E-state index in [1.165, 1.54) is 6.20 Å². The van der Waals surface area contributed by atoms with E-state index in [0.717, 1.165) is 12.8 Å². The smallest absolute Gasteiger partial charge is 0.259 e. The third-order valence-electron chi connectivity index (χ3n) is 5.99. The van der Waals surface area contributed by atoms with Crippen LogP contribution in [0.3, 0.4) is 0 Å². The van der Waals surface area contributed by atoms with Crippen LogP contribution in [-0.2, 0) is 4.79 Å². The summed E-state index contributed by atoms with van der Waals surface area (Å²) in [6, 6.07) is 1.21. The summed E-state index contributed by atoms with van der Waals surface area (Å²) in [6.45, 7) is 5.90. The van der Waals surface area contributed by atoms with Crippen molar-refractivity contribution in [2.45, 2.75) is 58.3 Å². The van der Waals surface area contributed by atoms with Gasteiger partial charge in [0.05, 0.1) is 19.2 Å². The highest BCUT2D eigenvalue weighted by molar-refractivity contribution is 5.97. The van der Waals surface area contributed by atoms with Gasteiger partial charge in [0.1, 0.15) is 17.8 Å². The van der Waals surface area contributed by atoms with Crippen molar-refractivity contribution in [1.29, 1.82) is 0 Å². The first-order valence-corrected chi connectivity index (χ1v) is 11.2. The standard InChI is InChI=1S/C24H33N3O5/c1-15-12-27(16(2)14-28)24(31)20-9-19(6-5-17(3)29)11-25-23(20)32-21(15)13-26(4)22(30)10-18-7-8-18/h9,11,15-18,21,28-29H,7-8,10,12-14H2,1-4H3/t15-,16-,17-,21+/m1/s1. The Morgan fingerprint density at radius 3 is 2.75 bits per heavy atom. The molecule has 2 heterocycles. The molecular weight excluding hydrogens is 410 g/mol. The summed E-state index contributed by atoms with van der Waals surface area (Å²) in [5.74, 6) is 5.86. The Hall–Kier alpha value is -2.63. The Morgan fingerprint density at radius 1 is 1.41 bits per heavy atom. The Bertz CT molecular complexity index is 903. The second-order valence-electron chi connectivity index (χ2n) is 9.07. The summed E-state index contributed by atoms with van der Waals surface area (Å²) in [5.41, 5.74) is 0.742. The second-order valence-corrected chi connectivity index (χ2v) is 9.07. The van der Waals surface area contributed by atoms with Crippen molar-refractivity contribution in [3.8, 4) is 17.7 Å². The number of pyridine rings is 1. The zero-order chi connectivity index (χ0) is 23.4. The van der Waals surface area contributed by atoms with Gasteiger partial charge in [0, 0.05) is 37.7 Å². The van der Waals surface area contributed by atoms with E-state index in [-0.39, 0.29) is 41.9 Å². The van der Waals surface area contributed by atoms with Gasteiger partial charge in [-0.05, 0) is 38.7 Å². The molecule has 0 aromatic carbocycles. The largest absolute Gasteiger partial charge is 0.472 e. The summed E-state index contributed by atoms with van der Waals surface area (Å²) in [5, 5.41) is 19.2. The van der Waals surface area contributed by atoms with Crippen molar-refractivity contribution in [2.75, 3.05) is 26.7 Å². The van der Waals surface area contributed by atoms with Crippen LogP contribution in [0.25, 0.3) is 0 Å². The van der Waals surface area contributed by atoms with Gasteiger partial charge in [0.2, 0.25) is 11.8 Å². The molecule has 2 aliphatic rings. The Morgan fingerprint density at radius 2 is 2.12 bits per heavy atom. The number of carbonyl (C=O) groups is 2. The highest BCUT2D eigenvalue weighted by atomic mass is 16.5. The van der Waals surface area contributed by atoms with Crippen LogP contribution >= 0.6 is 0 Å². The molecule has 0 bridgehead atoms. The van der Waals surface area contributed by atoms with E-state index in [1.807, 2.05) is 6.92 Å². The van der Waals surface area contributed by atoms with Gasteiger partial charge in [-0.1, -0.05) is 18.8 Å². The summed E-state index contributed by atoms with van der Waals surface area (Å²) in [6.07, 6.45) is 3.12. The quantitative estimate of drug-likeness (QED) is 0.643. The maximum Gasteiger partial charge on any atom is 0.259 e. The maximum absolute atomic E-state index is 13.3. The second kappa shape index (κ2) is 10.3. The number of aliphatic hydroxyl groups is 2. The van der Waals surface area contributed by atoms with E-state index in [2.05, 4.69) is 16.8 Å². The molecule has 1 aliphatic carbocycles. The Labute approximate surface area is 189 Å². The van der Waals surface area contributed by atoms with Gasteiger partial charge in [0.25, 0.3) is 5.91 Å². The third kappa shape index (κ3) is 5.99. The first-order valence-electron chi connectivity index (χ1n) is 11.2. The average molecular weight is 444 g/mol. The molecule has 0 unspecified atom stereocenters. The number of aromatic nitrogens is 1. The highest BCUT2D eigenvalue weighted by Crippen LogP contribution is 2.33. The van der Waals surface area contributed by atoms with Gasteiger partial charge in [0.15, 0.2) is 0 Å². The number of nitrogens with zero attached hydrogens (tertiary/aromatic N) is 3. The number of carbonyl (C=O) groups excluding carboxylic acids is 2. The van der Waals surface area contributed by atoms with Crippen LogP contribution in [0.2, 0.25) is 0 Å². The molecule has 2 amide bonds. The number of fused-ring (bicyclic) bond motifs is 1. The van der Waals surface area contributed by atoms with Crippen molar-refractivity contribution < 1.29 is 24.5 Å². The summed E-state index contributed by atoms with van der Waals surface area (Å²) < 4.78 is 6.19. The van der Waals surface area contributed by atoms with Crippen LogP contribution in [0.5, 0.6) is 5.88 Å². The minimum absolute atomic E-state index is 0.0891. The first kappa shape index (κ1) is 24.0. The number of rotatable bonds is 6. The van der Waals surface area contributed by atoms with E-state index >= 15 is 0 Å². The van der Waals surface area contributed by atoms with Crippen LogP contribution < -0.4 is 4.74 Å². The van der Waals surface area contributed by atoms with Gasteiger partial charge in [-0.3, -0.25) is 9.59 Å². The fraction of sp³-hybridized carbons (Fsp3) is 0.625. The van der Waals surface area contributed by atoms with E-state index in [1.54, 1.807) is 36.8 Å². The molecule has 0 saturated heterocycles. The Kier molecular flexibility index (Phi) is 7.75. The van der Waals surface area contributed by atoms with E-state index < -0.39 is 12.1 Å². The molecule has 8 nitrogen and oxygen atoms in total. The molecule has 1 aromatic rings. The van der Waals surface area contributed by atoms with Crippen molar-refractivity contribution in [3.63, 3.8) is 0 Å². The molecular formula is C24H33N3O5. The number of ether oxygens (including phenoxy) is 1. The van der Waals surface area contributed by atoms with E-state index in [9.17, 15) is 19.8 Å². The molecule has 1 aliphatic heterocycles. The fourth-order valence-corrected chi connectivity index (χ4v) is 3.67. The lowest BCUT2D eigenvalue weighted by Crippen LogP contribution is -2.50. The number of amides is 2. The molecule has 0 radical (unpaired) electrons.